The van der Waals surface area contributed by atoms with E-state index in [0.717, 1.165) is 32.1 Å². The van der Waals surface area contributed by atoms with Gasteiger partial charge in [0.25, 0.3) is 0 Å². The number of nitrogens with zero attached hydrogens (tertiary/aromatic N) is 4. The summed E-state index contributed by atoms with van der Waals surface area (Å²) < 4.78 is 2.15. The van der Waals surface area contributed by atoms with E-state index >= 15 is 0 Å². The second-order valence-electron chi connectivity index (χ2n) is 6.79. The number of guanidine groups is 1. The van der Waals surface area contributed by atoms with Crippen LogP contribution in [0.25, 0.3) is 0 Å². The zero-order valence-electron chi connectivity index (χ0n) is 16.9. The Hall–Kier alpha value is -2.27. The molecule has 142 valence electrons. The summed E-state index contributed by atoms with van der Waals surface area (Å²) in [5.74, 6) is 0.935. The SMILES string of the molecule is CCNC(=NCc1cccc(CN(C)CC)c1)N(C)Cc1cccn1C. The molecule has 0 amide bonds. The molecule has 26 heavy (non-hydrogen) atoms. The van der Waals surface area contributed by atoms with Gasteiger partial charge >= 0.3 is 0 Å². The Morgan fingerprint density at radius 3 is 2.50 bits per heavy atom. The normalized spacial score (nSPS) is 11.8. The molecule has 0 aliphatic heterocycles. The lowest BCUT2D eigenvalue weighted by molar-refractivity contribution is 0.345. The number of aromatic nitrogens is 1. The number of aliphatic imine (C=N–C) groups is 1. The van der Waals surface area contributed by atoms with E-state index in [1.807, 2.05) is 0 Å². The van der Waals surface area contributed by atoms with E-state index in [4.69, 9.17) is 4.99 Å². The van der Waals surface area contributed by atoms with Crippen LogP contribution < -0.4 is 5.32 Å². The van der Waals surface area contributed by atoms with Crippen LogP contribution in [0.2, 0.25) is 0 Å². The molecule has 0 aliphatic rings. The van der Waals surface area contributed by atoms with Gasteiger partial charge in [0.05, 0.1) is 13.1 Å². The minimum Gasteiger partial charge on any atom is -0.357 e. The van der Waals surface area contributed by atoms with Gasteiger partial charge in [-0.25, -0.2) is 4.99 Å². The van der Waals surface area contributed by atoms with Gasteiger partial charge in [-0.1, -0.05) is 31.2 Å². The lowest BCUT2D eigenvalue weighted by Crippen LogP contribution is -2.38. The fourth-order valence-electron chi connectivity index (χ4n) is 2.86. The number of rotatable bonds is 8. The van der Waals surface area contributed by atoms with Crippen LogP contribution in [0.15, 0.2) is 47.6 Å². The fraction of sp³-hybridized carbons (Fsp3) is 0.476. The summed E-state index contributed by atoms with van der Waals surface area (Å²) in [6.07, 6.45) is 2.08. The molecule has 2 aromatic rings. The Bertz CT molecular complexity index is 704. The van der Waals surface area contributed by atoms with Gasteiger partial charge < -0.3 is 19.7 Å². The number of hydrogen-bond donors (Lipinski definition) is 1. The van der Waals surface area contributed by atoms with Crippen LogP contribution in [-0.2, 0) is 26.7 Å². The van der Waals surface area contributed by atoms with E-state index in [2.05, 4.69) is 97.3 Å². The molecule has 0 radical (unpaired) electrons. The first-order chi connectivity index (χ1) is 12.5. The van der Waals surface area contributed by atoms with Gasteiger partial charge in [0.2, 0.25) is 0 Å². The highest BCUT2D eigenvalue weighted by Gasteiger charge is 2.08. The van der Waals surface area contributed by atoms with Crippen LogP contribution in [0.1, 0.15) is 30.7 Å². The van der Waals surface area contributed by atoms with Gasteiger partial charge in [0.15, 0.2) is 5.96 Å². The van der Waals surface area contributed by atoms with Crippen molar-refractivity contribution in [2.24, 2.45) is 12.0 Å². The lowest BCUT2D eigenvalue weighted by Gasteiger charge is -2.22. The van der Waals surface area contributed by atoms with E-state index in [0.29, 0.717) is 6.54 Å². The molecule has 1 aromatic carbocycles. The highest BCUT2D eigenvalue weighted by molar-refractivity contribution is 5.79. The van der Waals surface area contributed by atoms with Crippen LogP contribution in [-0.4, -0.2) is 47.5 Å². The highest BCUT2D eigenvalue weighted by Crippen LogP contribution is 2.10. The van der Waals surface area contributed by atoms with Crippen molar-refractivity contribution in [3.05, 3.63) is 59.4 Å². The van der Waals surface area contributed by atoms with E-state index in [1.54, 1.807) is 0 Å². The summed E-state index contributed by atoms with van der Waals surface area (Å²) in [6.45, 7) is 8.68. The first kappa shape index (κ1) is 20.0. The maximum atomic E-state index is 4.84. The largest absolute Gasteiger partial charge is 0.357 e. The van der Waals surface area contributed by atoms with Crippen molar-refractivity contribution in [1.29, 1.82) is 0 Å². The number of nitrogens with one attached hydrogen (secondary N) is 1. The summed E-state index contributed by atoms with van der Waals surface area (Å²) in [7, 11) is 6.31. The van der Waals surface area contributed by atoms with Gasteiger partial charge in [0, 0.05) is 39.1 Å². The summed E-state index contributed by atoms with van der Waals surface area (Å²) in [5.41, 5.74) is 3.85. The molecule has 0 unspecified atom stereocenters. The predicted octanol–water partition coefficient (Wildman–Crippen LogP) is 3.07. The lowest BCUT2D eigenvalue weighted by atomic mass is 10.1. The van der Waals surface area contributed by atoms with Crippen LogP contribution in [0.3, 0.4) is 0 Å². The van der Waals surface area contributed by atoms with Crippen LogP contribution in [0.4, 0.5) is 0 Å². The number of aryl methyl sites for hydroxylation is 1. The third-order valence-corrected chi connectivity index (χ3v) is 4.54. The summed E-state index contributed by atoms with van der Waals surface area (Å²) in [4.78, 5) is 9.32. The molecular formula is C21H33N5. The molecular weight excluding hydrogens is 322 g/mol. The van der Waals surface area contributed by atoms with Crippen molar-refractivity contribution in [1.82, 2.24) is 19.7 Å². The molecule has 0 bridgehead atoms. The third-order valence-electron chi connectivity index (χ3n) is 4.54. The molecule has 0 saturated carbocycles. The first-order valence-corrected chi connectivity index (χ1v) is 9.39. The summed E-state index contributed by atoms with van der Waals surface area (Å²) >= 11 is 0. The van der Waals surface area contributed by atoms with Crippen molar-refractivity contribution in [2.75, 3.05) is 27.2 Å². The Balaban J connectivity index is 2.06. The number of hydrogen-bond acceptors (Lipinski definition) is 2. The van der Waals surface area contributed by atoms with E-state index in [1.165, 1.54) is 16.8 Å². The molecule has 5 nitrogen and oxygen atoms in total. The molecule has 0 atom stereocenters. The van der Waals surface area contributed by atoms with Crippen molar-refractivity contribution in [3.63, 3.8) is 0 Å². The molecule has 2 rings (SSSR count). The molecule has 1 aromatic heterocycles. The quantitative estimate of drug-likeness (QED) is 0.584. The monoisotopic (exact) mass is 355 g/mol. The van der Waals surface area contributed by atoms with Gasteiger partial charge in [0.1, 0.15) is 0 Å². The molecule has 0 spiro atoms. The Morgan fingerprint density at radius 1 is 1.08 bits per heavy atom. The summed E-state index contributed by atoms with van der Waals surface area (Å²) in [5, 5.41) is 3.40. The van der Waals surface area contributed by atoms with Crippen molar-refractivity contribution in [2.45, 2.75) is 33.5 Å². The molecule has 1 N–H and O–H groups in total. The van der Waals surface area contributed by atoms with Gasteiger partial charge in [-0.2, -0.15) is 0 Å². The van der Waals surface area contributed by atoms with Crippen molar-refractivity contribution in [3.8, 4) is 0 Å². The fourth-order valence-corrected chi connectivity index (χ4v) is 2.86. The van der Waals surface area contributed by atoms with E-state index in [9.17, 15) is 0 Å². The molecule has 0 saturated heterocycles. The zero-order chi connectivity index (χ0) is 18.9. The second kappa shape index (κ2) is 10.0. The maximum absolute atomic E-state index is 4.84. The van der Waals surface area contributed by atoms with Crippen molar-refractivity contribution >= 4 is 5.96 Å². The molecule has 0 fully saturated rings. The topological polar surface area (TPSA) is 35.8 Å². The standard InChI is InChI=1S/C21H33N5/c1-6-22-21(26(5)17-20-12-9-13-25(20)4)23-15-18-10-8-11-19(14-18)16-24(3)7-2/h8-14H,6-7,15-17H2,1-5H3,(H,22,23). The predicted molar refractivity (Wildman–Crippen MR) is 110 cm³/mol. The summed E-state index contributed by atoms with van der Waals surface area (Å²) in [6, 6.07) is 13.0. The van der Waals surface area contributed by atoms with Crippen LogP contribution >= 0.6 is 0 Å². The third kappa shape index (κ3) is 5.92. The van der Waals surface area contributed by atoms with Crippen LogP contribution in [0.5, 0.6) is 0 Å². The average molecular weight is 356 g/mol. The van der Waals surface area contributed by atoms with Crippen molar-refractivity contribution < 1.29 is 0 Å². The average Bonchev–Trinajstić information content (AvgIpc) is 3.03. The number of benzene rings is 1. The Kier molecular flexibility index (Phi) is 7.73. The molecule has 1 heterocycles. The second-order valence-corrected chi connectivity index (χ2v) is 6.79. The smallest absolute Gasteiger partial charge is 0.194 e. The molecule has 5 heteroatoms. The Labute approximate surface area is 158 Å². The Morgan fingerprint density at radius 2 is 1.85 bits per heavy atom. The van der Waals surface area contributed by atoms with Gasteiger partial charge in [-0.15, -0.1) is 0 Å². The van der Waals surface area contributed by atoms with E-state index in [-0.39, 0.29) is 0 Å². The zero-order valence-corrected chi connectivity index (χ0v) is 16.9. The minimum absolute atomic E-state index is 0.684. The minimum atomic E-state index is 0.684. The van der Waals surface area contributed by atoms with Gasteiger partial charge in [-0.05, 0) is 43.8 Å². The maximum Gasteiger partial charge on any atom is 0.194 e. The first-order valence-electron chi connectivity index (χ1n) is 9.39. The van der Waals surface area contributed by atoms with E-state index < -0.39 is 0 Å². The highest BCUT2D eigenvalue weighted by atomic mass is 15.3. The molecule has 0 aliphatic carbocycles. The van der Waals surface area contributed by atoms with Gasteiger partial charge in [-0.3, -0.25) is 0 Å². The van der Waals surface area contributed by atoms with Crippen LogP contribution in [0, 0.1) is 0 Å².